The molecule has 9 heteroatoms. The van der Waals surface area contributed by atoms with Crippen molar-refractivity contribution in [2.45, 2.75) is 39.0 Å². The van der Waals surface area contributed by atoms with E-state index in [1.54, 1.807) is 12.1 Å². The zero-order valence-corrected chi connectivity index (χ0v) is 19.0. The first kappa shape index (κ1) is 22.9. The third-order valence-corrected chi connectivity index (χ3v) is 6.45. The van der Waals surface area contributed by atoms with Gasteiger partial charge < -0.3 is 4.74 Å². The summed E-state index contributed by atoms with van der Waals surface area (Å²) in [6, 6.07) is 6.10. The van der Waals surface area contributed by atoms with Gasteiger partial charge in [-0.1, -0.05) is 78.7 Å². The van der Waals surface area contributed by atoms with Crippen molar-refractivity contribution in [3.63, 3.8) is 0 Å². The smallest absolute Gasteiger partial charge is 0.311 e. The van der Waals surface area contributed by atoms with Gasteiger partial charge in [-0.3, -0.25) is 14.4 Å². The monoisotopic (exact) mass is 487 g/mol. The van der Waals surface area contributed by atoms with Gasteiger partial charge in [0.05, 0.1) is 36.9 Å². The average molecular weight is 489 g/mol. The molecular weight excluding hydrogens is 472 g/mol. The molecule has 5 nitrogen and oxygen atoms in total. The molecule has 0 N–H and O–H groups in total. The highest BCUT2D eigenvalue weighted by Crippen LogP contribution is 2.45. The number of nitrogens with zero attached hydrogens (tertiary/aromatic N) is 1. The highest BCUT2D eigenvalue weighted by Gasteiger charge is 2.42. The van der Waals surface area contributed by atoms with E-state index in [0.29, 0.717) is 6.42 Å². The van der Waals surface area contributed by atoms with Crippen LogP contribution < -0.4 is 9.64 Å². The number of amides is 2. The summed E-state index contributed by atoms with van der Waals surface area (Å²) >= 11 is 24.4. The van der Waals surface area contributed by atoms with Gasteiger partial charge in [-0.2, -0.15) is 0 Å². The van der Waals surface area contributed by atoms with Crippen molar-refractivity contribution in [1.82, 2.24) is 0 Å². The summed E-state index contributed by atoms with van der Waals surface area (Å²) in [6.07, 6.45) is 4.11. The van der Waals surface area contributed by atoms with Gasteiger partial charge in [0.2, 0.25) is 0 Å². The number of carbonyl (C=O) groups excluding carboxylic acids is 3. The number of esters is 1. The Morgan fingerprint density at radius 1 is 0.900 bits per heavy atom. The van der Waals surface area contributed by atoms with E-state index in [-0.39, 0.29) is 48.6 Å². The third-order valence-electron chi connectivity index (χ3n) is 4.64. The van der Waals surface area contributed by atoms with Crippen LogP contribution in [0.3, 0.4) is 0 Å². The Morgan fingerprint density at radius 2 is 1.50 bits per heavy atom. The second-order valence-corrected chi connectivity index (χ2v) is 8.25. The number of halogens is 4. The third kappa shape index (κ3) is 4.30. The van der Waals surface area contributed by atoms with Crippen molar-refractivity contribution in [3.8, 4) is 5.75 Å². The fraction of sp³-hybridized carbons (Fsp3) is 0.286. The number of hydrogen-bond donors (Lipinski definition) is 0. The van der Waals surface area contributed by atoms with E-state index in [0.717, 1.165) is 30.6 Å². The Balaban J connectivity index is 1.85. The first-order valence-electron chi connectivity index (χ1n) is 9.33. The number of hydrogen-bond acceptors (Lipinski definition) is 4. The van der Waals surface area contributed by atoms with E-state index in [1.165, 1.54) is 12.1 Å². The minimum atomic E-state index is -0.691. The van der Waals surface area contributed by atoms with Crippen LogP contribution in [0.25, 0.3) is 0 Å². The summed E-state index contributed by atoms with van der Waals surface area (Å²) in [5, 5.41) is -0.486. The lowest BCUT2D eigenvalue weighted by molar-refractivity contribution is -0.134. The Morgan fingerprint density at radius 3 is 2.07 bits per heavy atom. The SMILES string of the molecule is CCCCCCC(=O)Oc1cccc(N2C(=O)c3c(Cl)c(Cl)c(Cl)c(Cl)c3C2=O)c1. The second kappa shape index (κ2) is 9.56. The molecule has 1 heterocycles. The number of unbranched alkanes of at least 4 members (excludes halogenated alkanes) is 3. The van der Waals surface area contributed by atoms with Crippen LogP contribution >= 0.6 is 46.4 Å². The summed E-state index contributed by atoms with van der Waals surface area (Å²) in [5.74, 6) is -1.54. The fourth-order valence-electron chi connectivity index (χ4n) is 3.15. The summed E-state index contributed by atoms with van der Waals surface area (Å²) in [4.78, 5) is 38.8. The van der Waals surface area contributed by atoms with Gasteiger partial charge in [0.25, 0.3) is 11.8 Å². The molecule has 0 aliphatic carbocycles. The molecule has 0 atom stereocenters. The molecule has 0 unspecified atom stereocenters. The van der Waals surface area contributed by atoms with Crippen molar-refractivity contribution in [2.75, 3.05) is 4.90 Å². The lowest BCUT2D eigenvalue weighted by Gasteiger charge is -2.15. The topological polar surface area (TPSA) is 63.7 Å². The maximum atomic E-state index is 12.9. The van der Waals surface area contributed by atoms with Crippen molar-refractivity contribution < 1.29 is 19.1 Å². The fourth-order valence-corrected chi connectivity index (χ4v) is 4.16. The lowest BCUT2D eigenvalue weighted by atomic mass is 10.1. The molecular formula is C21H17Cl4NO4. The van der Waals surface area contributed by atoms with Crippen LogP contribution in [-0.2, 0) is 4.79 Å². The minimum Gasteiger partial charge on any atom is -0.426 e. The Hall–Kier alpha value is -1.79. The van der Waals surface area contributed by atoms with Gasteiger partial charge >= 0.3 is 5.97 Å². The standard InChI is InChI=1S/C21H17Cl4NO4/c1-2-3-4-5-9-13(27)30-12-8-6-7-11(10-12)26-20(28)14-15(21(26)29)17(23)19(25)18(24)16(14)22/h6-8,10H,2-5,9H2,1H3. The minimum absolute atomic E-state index is 0.101. The first-order valence-corrected chi connectivity index (χ1v) is 10.8. The van der Waals surface area contributed by atoms with Crippen molar-refractivity contribution in [3.05, 3.63) is 55.5 Å². The summed E-state index contributed by atoms with van der Waals surface area (Å²) in [6.45, 7) is 2.09. The average Bonchev–Trinajstić information content (AvgIpc) is 2.98. The molecule has 0 fully saturated rings. The van der Waals surface area contributed by atoms with E-state index in [4.69, 9.17) is 51.1 Å². The zero-order valence-electron chi connectivity index (χ0n) is 15.9. The predicted molar refractivity (Wildman–Crippen MR) is 118 cm³/mol. The van der Waals surface area contributed by atoms with Gasteiger partial charge in [0.1, 0.15) is 5.75 Å². The van der Waals surface area contributed by atoms with E-state index in [1.807, 2.05) is 0 Å². The largest absolute Gasteiger partial charge is 0.426 e. The quantitative estimate of drug-likeness (QED) is 0.105. The van der Waals surface area contributed by atoms with Crippen LogP contribution in [0.4, 0.5) is 5.69 Å². The van der Waals surface area contributed by atoms with Crippen LogP contribution in [0.5, 0.6) is 5.75 Å². The number of rotatable bonds is 7. The number of fused-ring (bicyclic) bond motifs is 1. The molecule has 0 bridgehead atoms. The molecule has 1 aliphatic heterocycles. The second-order valence-electron chi connectivity index (χ2n) is 6.73. The van der Waals surface area contributed by atoms with Crippen LogP contribution in [0.2, 0.25) is 20.1 Å². The van der Waals surface area contributed by atoms with Gasteiger partial charge in [-0.25, -0.2) is 4.90 Å². The predicted octanol–water partition coefficient (Wildman–Crippen LogP) is 6.98. The van der Waals surface area contributed by atoms with E-state index < -0.39 is 11.8 Å². The molecule has 0 aromatic heterocycles. The molecule has 0 saturated carbocycles. The van der Waals surface area contributed by atoms with Crippen molar-refractivity contribution in [2.24, 2.45) is 0 Å². The number of ether oxygens (including phenoxy) is 1. The summed E-state index contributed by atoms with van der Waals surface area (Å²) in [7, 11) is 0. The highest BCUT2D eigenvalue weighted by molar-refractivity contribution is 6.56. The van der Waals surface area contributed by atoms with E-state index >= 15 is 0 Å². The van der Waals surface area contributed by atoms with E-state index in [2.05, 4.69) is 6.92 Å². The van der Waals surface area contributed by atoms with Crippen LogP contribution in [0.1, 0.15) is 59.7 Å². The van der Waals surface area contributed by atoms with Gasteiger partial charge in [-0.15, -0.1) is 0 Å². The van der Waals surface area contributed by atoms with Crippen LogP contribution in [-0.4, -0.2) is 17.8 Å². The van der Waals surface area contributed by atoms with Crippen LogP contribution in [0, 0.1) is 0 Å². The Kier molecular flexibility index (Phi) is 7.30. The molecule has 2 amide bonds. The zero-order chi connectivity index (χ0) is 22.0. The molecule has 1 aliphatic rings. The molecule has 158 valence electrons. The molecule has 3 rings (SSSR count). The van der Waals surface area contributed by atoms with Gasteiger partial charge in [-0.05, 0) is 18.6 Å². The maximum Gasteiger partial charge on any atom is 0.311 e. The lowest BCUT2D eigenvalue weighted by Crippen LogP contribution is -2.29. The van der Waals surface area contributed by atoms with Gasteiger partial charge in [0, 0.05) is 12.5 Å². The number of benzene rings is 2. The Bertz CT molecular complexity index is 991. The molecule has 30 heavy (non-hydrogen) atoms. The van der Waals surface area contributed by atoms with Crippen LogP contribution in [0.15, 0.2) is 24.3 Å². The van der Waals surface area contributed by atoms with Crippen molar-refractivity contribution >= 4 is 69.9 Å². The number of anilines is 1. The molecule has 0 spiro atoms. The number of carbonyl (C=O) groups is 3. The van der Waals surface area contributed by atoms with Crippen molar-refractivity contribution in [1.29, 1.82) is 0 Å². The molecule has 2 aromatic rings. The summed E-state index contributed by atoms with van der Waals surface area (Å²) < 4.78 is 5.35. The first-order chi connectivity index (χ1) is 14.3. The molecule has 2 aromatic carbocycles. The summed E-state index contributed by atoms with van der Waals surface area (Å²) in [5.41, 5.74) is -0.0179. The number of imide groups is 1. The highest BCUT2D eigenvalue weighted by atomic mass is 35.5. The molecule has 0 radical (unpaired) electrons. The normalized spacial score (nSPS) is 13.0. The Labute approximate surface area is 193 Å². The van der Waals surface area contributed by atoms with E-state index in [9.17, 15) is 14.4 Å². The molecule has 0 saturated heterocycles. The maximum absolute atomic E-state index is 12.9. The van der Waals surface area contributed by atoms with Gasteiger partial charge in [0.15, 0.2) is 0 Å².